The fraction of sp³-hybridized carbons (Fsp3) is 0.250. The van der Waals surface area contributed by atoms with E-state index < -0.39 is 0 Å². The highest BCUT2D eigenvalue weighted by Crippen LogP contribution is 2.17. The van der Waals surface area contributed by atoms with Gasteiger partial charge in [0.2, 0.25) is 0 Å². The van der Waals surface area contributed by atoms with Gasteiger partial charge in [0.15, 0.2) is 0 Å². The van der Waals surface area contributed by atoms with E-state index in [4.69, 9.17) is 5.11 Å². The molecule has 1 amide bonds. The summed E-state index contributed by atoms with van der Waals surface area (Å²) in [5.41, 5.74) is 2.54. The van der Waals surface area contributed by atoms with Gasteiger partial charge >= 0.3 is 0 Å². The highest BCUT2D eigenvalue weighted by Gasteiger charge is 2.09. The SMILES string of the molecule is Cc1cc(C#CCCO)cc(NC(=O)c2cnc(C)s2)c1. The lowest BCUT2D eigenvalue weighted by atomic mass is 10.1. The first-order valence-corrected chi connectivity index (χ1v) is 7.35. The maximum Gasteiger partial charge on any atom is 0.267 e. The number of hydrogen-bond donors (Lipinski definition) is 2. The van der Waals surface area contributed by atoms with Gasteiger partial charge in [0.1, 0.15) is 4.88 Å². The zero-order valence-corrected chi connectivity index (χ0v) is 12.8. The van der Waals surface area contributed by atoms with Crippen LogP contribution >= 0.6 is 11.3 Å². The van der Waals surface area contributed by atoms with Crippen molar-refractivity contribution in [1.29, 1.82) is 0 Å². The van der Waals surface area contributed by atoms with Crippen molar-refractivity contribution in [2.75, 3.05) is 11.9 Å². The minimum absolute atomic E-state index is 0.0487. The molecule has 0 bridgehead atoms. The molecule has 0 radical (unpaired) electrons. The molecule has 2 aromatic rings. The fourth-order valence-corrected chi connectivity index (χ4v) is 2.48. The highest BCUT2D eigenvalue weighted by molar-refractivity contribution is 7.13. The Hall–Kier alpha value is -2.16. The first kappa shape index (κ1) is 15.2. The second-order valence-corrected chi connectivity index (χ2v) is 5.80. The van der Waals surface area contributed by atoms with Crippen molar-refractivity contribution in [3.05, 3.63) is 45.4 Å². The molecular weight excluding hydrogens is 284 g/mol. The number of rotatable bonds is 3. The van der Waals surface area contributed by atoms with Crippen molar-refractivity contribution < 1.29 is 9.90 Å². The molecule has 108 valence electrons. The smallest absolute Gasteiger partial charge is 0.267 e. The standard InChI is InChI=1S/C16H16N2O2S/c1-11-7-13(5-3-4-6-19)9-14(8-11)18-16(20)15-10-17-12(2)21-15/h7-10,19H,4,6H2,1-2H3,(H,18,20). The molecule has 2 rings (SSSR count). The summed E-state index contributed by atoms with van der Waals surface area (Å²) < 4.78 is 0. The van der Waals surface area contributed by atoms with Gasteiger partial charge in [-0.2, -0.15) is 0 Å². The van der Waals surface area contributed by atoms with E-state index in [1.54, 1.807) is 6.20 Å². The molecule has 0 aliphatic rings. The van der Waals surface area contributed by atoms with Gasteiger partial charge in [0.25, 0.3) is 5.91 Å². The molecule has 0 aliphatic heterocycles. The third-order valence-corrected chi connectivity index (χ3v) is 3.56. The first-order chi connectivity index (χ1) is 10.1. The Morgan fingerprint density at radius 1 is 1.38 bits per heavy atom. The van der Waals surface area contributed by atoms with Crippen molar-refractivity contribution in [1.82, 2.24) is 4.98 Å². The second kappa shape index (κ2) is 7.02. The number of thiazole rings is 1. The van der Waals surface area contributed by atoms with Crippen LogP contribution in [0.15, 0.2) is 24.4 Å². The zero-order valence-electron chi connectivity index (χ0n) is 11.9. The summed E-state index contributed by atoms with van der Waals surface area (Å²) >= 11 is 1.36. The molecule has 0 saturated carbocycles. The van der Waals surface area contributed by atoms with Crippen molar-refractivity contribution in [2.45, 2.75) is 20.3 Å². The van der Waals surface area contributed by atoms with Crippen molar-refractivity contribution in [3.8, 4) is 11.8 Å². The van der Waals surface area contributed by atoms with Gasteiger partial charge in [0.05, 0.1) is 17.8 Å². The molecule has 0 fully saturated rings. The van der Waals surface area contributed by atoms with E-state index in [-0.39, 0.29) is 12.5 Å². The van der Waals surface area contributed by atoms with Crippen LogP contribution in [-0.2, 0) is 0 Å². The molecule has 0 unspecified atom stereocenters. The predicted molar refractivity (Wildman–Crippen MR) is 84.6 cm³/mol. The average Bonchev–Trinajstić information content (AvgIpc) is 2.85. The predicted octanol–water partition coefficient (Wildman–Crippen LogP) is 2.75. The molecule has 0 spiro atoms. The monoisotopic (exact) mass is 300 g/mol. The number of aliphatic hydroxyl groups excluding tert-OH is 1. The minimum atomic E-state index is -0.166. The summed E-state index contributed by atoms with van der Waals surface area (Å²) in [4.78, 5) is 16.8. The summed E-state index contributed by atoms with van der Waals surface area (Å²) in [6.45, 7) is 3.86. The minimum Gasteiger partial charge on any atom is -0.395 e. The van der Waals surface area contributed by atoms with Gasteiger partial charge in [-0.1, -0.05) is 11.8 Å². The number of aliphatic hydroxyl groups is 1. The maximum absolute atomic E-state index is 12.1. The lowest BCUT2D eigenvalue weighted by molar-refractivity contribution is 0.103. The summed E-state index contributed by atoms with van der Waals surface area (Å²) in [5, 5.41) is 12.5. The Kier molecular flexibility index (Phi) is 5.09. The van der Waals surface area contributed by atoms with Gasteiger partial charge < -0.3 is 10.4 Å². The number of benzene rings is 1. The van der Waals surface area contributed by atoms with Gasteiger partial charge in [0, 0.05) is 17.7 Å². The zero-order chi connectivity index (χ0) is 15.2. The number of aromatic nitrogens is 1. The van der Waals surface area contributed by atoms with E-state index in [2.05, 4.69) is 22.1 Å². The average molecular weight is 300 g/mol. The fourth-order valence-electron chi connectivity index (χ4n) is 1.81. The molecule has 1 aromatic heterocycles. The van der Waals surface area contributed by atoms with Crippen LogP contribution in [-0.4, -0.2) is 22.6 Å². The topological polar surface area (TPSA) is 62.2 Å². The summed E-state index contributed by atoms with van der Waals surface area (Å²) in [5.74, 6) is 5.68. The Labute approximate surface area is 127 Å². The molecular formula is C16H16N2O2S. The van der Waals surface area contributed by atoms with Crippen LogP contribution < -0.4 is 5.32 Å². The quantitative estimate of drug-likeness (QED) is 0.857. The largest absolute Gasteiger partial charge is 0.395 e. The molecule has 0 aliphatic carbocycles. The van der Waals surface area contributed by atoms with Gasteiger partial charge in [-0.15, -0.1) is 11.3 Å². The van der Waals surface area contributed by atoms with Crippen LogP contribution in [0.3, 0.4) is 0 Å². The first-order valence-electron chi connectivity index (χ1n) is 6.53. The van der Waals surface area contributed by atoms with Gasteiger partial charge in [-0.05, 0) is 37.6 Å². The Morgan fingerprint density at radius 3 is 2.86 bits per heavy atom. The summed E-state index contributed by atoms with van der Waals surface area (Å²) in [6, 6.07) is 5.66. The van der Waals surface area contributed by atoms with Crippen molar-refractivity contribution in [2.24, 2.45) is 0 Å². The molecule has 1 aromatic carbocycles. The number of anilines is 1. The van der Waals surface area contributed by atoms with Gasteiger partial charge in [-0.3, -0.25) is 4.79 Å². The third-order valence-electron chi connectivity index (χ3n) is 2.65. The van der Waals surface area contributed by atoms with E-state index in [9.17, 15) is 4.79 Å². The van der Waals surface area contributed by atoms with E-state index in [1.165, 1.54) is 11.3 Å². The summed E-state index contributed by atoms with van der Waals surface area (Å²) in [7, 11) is 0. The third kappa shape index (κ3) is 4.42. The lowest BCUT2D eigenvalue weighted by Crippen LogP contribution is -2.10. The van der Waals surface area contributed by atoms with E-state index >= 15 is 0 Å². The Morgan fingerprint density at radius 2 is 2.19 bits per heavy atom. The number of hydrogen-bond acceptors (Lipinski definition) is 4. The second-order valence-electron chi connectivity index (χ2n) is 4.56. The normalized spacial score (nSPS) is 9.86. The number of aryl methyl sites for hydroxylation is 2. The van der Waals surface area contributed by atoms with E-state index in [0.717, 1.165) is 16.1 Å². The van der Waals surface area contributed by atoms with Crippen LogP contribution in [0.2, 0.25) is 0 Å². The lowest BCUT2D eigenvalue weighted by Gasteiger charge is -2.05. The van der Waals surface area contributed by atoms with Crippen LogP contribution in [0.1, 0.15) is 32.2 Å². The molecule has 0 saturated heterocycles. The molecule has 21 heavy (non-hydrogen) atoms. The van der Waals surface area contributed by atoms with Crippen LogP contribution in [0.5, 0.6) is 0 Å². The number of carbonyl (C=O) groups is 1. The van der Waals surface area contributed by atoms with Crippen LogP contribution in [0.25, 0.3) is 0 Å². The molecule has 0 atom stereocenters. The van der Waals surface area contributed by atoms with E-state index in [1.807, 2.05) is 32.0 Å². The molecule has 2 N–H and O–H groups in total. The number of carbonyl (C=O) groups excluding carboxylic acids is 1. The van der Waals surface area contributed by atoms with Crippen LogP contribution in [0, 0.1) is 25.7 Å². The Balaban J connectivity index is 2.17. The number of amides is 1. The molecule has 5 heteroatoms. The van der Waals surface area contributed by atoms with Crippen LogP contribution in [0.4, 0.5) is 5.69 Å². The number of nitrogens with zero attached hydrogens (tertiary/aromatic N) is 1. The highest BCUT2D eigenvalue weighted by atomic mass is 32.1. The summed E-state index contributed by atoms with van der Waals surface area (Å²) in [6.07, 6.45) is 2.02. The molecule has 4 nitrogen and oxygen atoms in total. The number of nitrogens with one attached hydrogen (secondary N) is 1. The van der Waals surface area contributed by atoms with Crippen molar-refractivity contribution >= 4 is 22.9 Å². The maximum atomic E-state index is 12.1. The molecule has 1 heterocycles. The van der Waals surface area contributed by atoms with E-state index in [0.29, 0.717) is 17.0 Å². The van der Waals surface area contributed by atoms with Crippen molar-refractivity contribution in [3.63, 3.8) is 0 Å². The Bertz CT molecular complexity index is 711. The van der Waals surface area contributed by atoms with Gasteiger partial charge in [-0.25, -0.2) is 4.98 Å².